The Labute approximate surface area is 102 Å². The number of aromatic nitrogens is 2. The van der Waals surface area contributed by atoms with Gasteiger partial charge in [0, 0.05) is 4.47 Å². The first-order valence-corrected chi connectivity index (χ1v) is 5.55. The van der Waals surface area contributed by atoms with Gasteiger partial charge in [-0.25, -0.2) is 9.97 Å². The molecule has 0 bridgehead atoms. The van der Waals surface area contributed by atoms with Gasteiger partial charge in [-0.15, -0.1) is 0 Å². The molecule has 2 aromatic rings. The van der Waals surface area contributed by atoms with Gasteiger partial charge in [-0.2, -0.15) is 0 Å². The zero-order chi connectivity index (χ0) is 11.5. The van der Waals surface area contributed by atoms with E-state index in [0.717, 1.165) is 15.7 Å². The Morgan fingerprint density at radius 3 is 2.94 bits per heavy atom. The maximum atomic E-state index is 5.75. The number of hydrogen-bond donors (Lipinski definition) is 2. The number of nitrogens with zero attached hydrogens (tertiary/aromatic N) is 2. The van der Waals surface area contributed by atoms with Crippen molar-refractivity contribution in [3.63, 3.8) is 0 Å². The van der Waals surface area contributed by atoms with Crippen LogP contribution in [0.5, 0.6) is 0 Å². The first-order valence-electron chi connectivity index (χ1n) is 4.76. The van der Waals surface area contributed by atoms with E-state index in [9.17, 15) is 0 Å². The molecule has 16 heavy (non-hydrogen) atoms. The lowest BCUT2D eigenvalue weighted by Crippen LogP contribution is -2.00. The van der Waals surface area contributed by atoms with E-state index in [2.05, 4.69) is 31.2 Å². The lowest BCUT2D eigenvalue weighted by atomic mass is 10.2. The van der Waals surface area contributed by atoms with Crippen molar-refractivity contribution in [3.05, 3.63) is 40.8 Å². The number of hydrogen-bond acceptors (Lipinski definition) is 4. The third-order valence-electron chi connectivity index (χ3n) is 2.19. The highest BCUT2D eigenvalue weighted by Gasteiger charge is 2.05. The highest BCUT2D eigenvalue weighted by molar-refractivity contribution is 9.10. The Balaban J connectivity index is 2.35. The molecule has 0 atom stereocenters. The van der Waals surface area contributed by atoms with E-state index in [1.807, 2.05) is 25.1 Å². The third-order valence-corrected chi connectivity index (χ3v) is 3.24. The number of nitrogens with one attached hydrogen (secondary N) is 1. The third kappa shape index (κ3) is 2.14. The Bertz CT molecular complexity index is 513. The monoisotopic (exact) mass is 278 g/mol. The van der Waals surface area contributed by atoms with Gasteiger partial charge < -0.3 is 11.1 Å². The summed E-state index contributed by atoms with van der Waals surface area (Å²) in [6.45, 7) is 2.03. The van der Waals surface area contributed by atoms with Crippen LogP contribution in [-0.4, -0.2) is 9.97 Å². The average Bonchev–Trinajstić information content (AvgIpc) is 2.28. The van der Waals surface area contributed by atoms with Crippen LogP contribution in [0, 0.1) is 6.92 Å². The fourth-order valence-electron chi connectivity index (χ4n) is 1.32. The summed E-state index contributed by atoms with van der Waals surface area (Å²) >= 11 is 3.52. The topological polar surface area (TPSA) is 63.8 Å². The molecule has 4 nitrogen and oxygen atoms in total. The van der Waals surface area contributed by atoms with Crippen molar-refractivity contribution in [1.29, 1.82) is 0 Å². The number of rotatable bonds is 2. The van der Waals surface area contributed by atoms with Gasteiger partial charge in [0.15, 0.2) is 5.82 Å². The molecule has 1 aromatic carbocycles. The summed E-state index contributed by atoms with van der Waals surface area (Å²) in [5.74, 6) is 0.612. The Kier molecular flexibility index (Phi) is 3.05. The van der Waals surface area contributed by atoms with Crippen molar-refractivity contribution < 1.29 is 0 Å². The molecule has 0 spiro atoms. The van der Waals surface area contributed by atoms with Gasteiger partial charge in [0.05, 0.1) is 17.6 Å². The lowest BCUT2D eigenvalue weighted by molar-refractivity contribution is 1.17. The highest BCUT2D eigenvalue weighted by Crippen LogP contribution is 2.29. The summed E-state index contributed by atoms with van der Waals surface area (Å²) in [5, 5.41) is 3.16. The molecule has 5 heteroatoms. The summed E-state index contributed by atoms with van der Waals surface area (Å²) in [7, 11) is 0. The molecule has 1 heterocycles. The van der Waals surface area contributed by atoms with Crippen LogP contribution in [0.15, 0.2) is 35.2 Å². The molecule has 0 saturated carbocycles. The van der Waals surface area contributed by atoms with Crippen LogP contribution in [0.3, 0.4) is 0 Å². The SMILES string of the molecule is Cc1cccc(Nc2ncncc2N)c1Br. The minimum Gasteiger partial charge on any atom is -0.394 e. The summed E-state index contributed by atoms with van der Waals surface area (Å²) in [4.78, 5) is 7.91. The first kappa shape index (κ1) is 10.9. The first-order chi connectivity index (χ1) is 7.68. The molecule has 0 aliphatic rings. The zero-order valence-corrected chi connectivity index (χ0v) is 10.3. The maximum absolute atomic E-state index is 5.75. The van der Waals surface area contributed by atoms with Crippen LogP contribution in [0.25, 0.3) is 0 Å². The van der Waals surface area contributed by atoms with Gasteiger partial charge in [-0.05, 0) is 34.5 Å². The smallest absolute Gasteiger partial charge is 0.157 e. The molecule has 0 amide bonds. The molecule has 0 aliphatic heterocycles. The minimum absolute atomic E-state index is 0.524. The molecule has 82 valence electrons. The molecule has 3 N–H and O–H groups in total. The number of benzene rings is 1. The fraction of sp³-hybridized carbons (Fsp3) is 0.0909. The number of aryl methyl sites for hydroxylation is 1. The van der Waals surface area contributed by atoms with Crippen LogP contribution in [0.1, 0.15) is 5.56 Å². The van der Waals surface area contributed by atoms with Crippen LogP contribution in [-0.2, 0) is 0 Å². The Hall–Kier alpha value is -1.62. The number of anilines is 3. The molecule has 2 rings (SSSR count). The van der Waals surface area contributed by atoms with Crippen molar-refractivity contribution in [2.75, 3.05) is 11.1 Å². The van der Waals surface area contributed by atoms with Gasteiger partial charge in [0.2, 0.25) is 0 Å². The summed E-state index contributed by atoms with van der Waals surface area (Å²) in [6.07, 6.45) is 3.03. The number of nitrogen functional groups attached to an aromatic ring is 1. The van der Waals surface area contributed by atoms with Crippen LogP contribution in [0.2, 0.25) is 0 Å². The predicted molar refractivity (Wildman–Crippen MR) is 68.6 cm³/mol. The molecular formula is C11H11BrN4. The molecule has 0 unspecified atom stereocenters. The van der Waals surface area contributed by atoms with Crippen molar-refractivity contribution >= 4 is 33.1 Å². The Morgan fingerprint density at radius 2 is 2.19 bits per heavy atom. The van der Waals surface area contributed by atoms with Crippen molar-refractivity contribution in [2.24, 2.45) is 0 Å². The van der Waals surface area contributed by atoms with Gasteiger partial charge in [-0.1, -0.05) is 12.1 Å². The van der Waals surface area contributed by atoms with Crippen molar-refractivity contribution in [2.45, 2.75) is 6.92 Å². The second-order valence-electron chi connectivity index (χ2n) is 3.39. The van der Waals surface area contributed by atoms with E-state index in [1.54, 1.807) is 6.20 Å². The van der Waals surface area contributed by atoms with Gasteiger partial charge >= 0.3 is 0 Å². The Morgan fingerprint density at radius 1 is 1.38 bits per heavy atom. The van der Waals surface area contributed by atoms with Gasteiger partial charge in [0.1, 0.15) is 6.33 Å². The van der Waals surface area contributed by atoms with E-state index >= 15 is 0 Å². The van der Waals surface area contributed by atoms with Gasteiger partial charge in [0.25, 0.3) is 0 Å². The van der Waals surface area contributed by atoms with Crippen molar-refractivity contribution in [3.8, 4) is 0 Å². The second-order valence-corrected chi connectivity index (χ2v) is 4.18. The fourth-order valence-corrected chi connectivity index (χ4v) is 1.68. The molecule has 0 saturated heterocycles. The molecular weight excluding hydrogens is 268 g/mol. The highest BCUT2D eigenvalue weighted by atomic mass is 79.9. The van der Waals surface area contributed by atoms with E-state index in [1.165, 1.54) is 6.33 Å². The van der Waals surface area contributed by atoms with E-state index in [0.29, 0.717) is 11.5 Å². The normalized spacial score (nSPS) is 10.1. The average molecular weight is 279 g/mol. The molecule has 0 radical (unpaired) electrons. The van der Waals surface area contributed by atoms with E-state index in [4.69, 9.17) is 5.73 Å². The van der Waals surface area contributed by atoms with Crippen molar-refractivity contribution in [1.82, 2.24) is 9.97 Å². The van der Waals surface area contributed by atoms with Gasteiger partial charge in [-0.3, -0.25) is 0 Å². The standard InChI is InChI=1S/C11H11BrN4/c1-7-3-2-4-9(10(7)12)16-11-8(13)5-14-6-15-11/h2-6H,13H2,1H3,(H,14,15,16). The summed E-state index contributed by atoms with van der Waals surface area (Å²) in [6, 6.07) is 5.96. The minimum atomic E-state index is 0.524. The quantitative estimate of drug-likeness (QED) is 0.887. The maximum Gasteiger partial charge on any atom is 0.157 e. The summed E-state index contributed by atoms with van der Waals surface area (Å²) < 4.78 is 1.01. The molecule has 0 aliphatic carbocycles. The second kappa shape index (κ2) is 4.49. The van der Waals surface area contributed by atoms with Crippen LogP contribution < -0.4 is 11.1 Å². The lowest BCUT2D eigenvalue weighted by Gasteiger charge is -2.10. The number of halogens is 1. The van der Waals surface area contributed by atoms with Crippen LogP contribution in [0.4, 0.5) is 17.2 Å². The predicted octanol–water partition coefficient (Wildman–Crippen LogP) is 2.87. The molecule has 0 fully saturated rings. The number of nitrogens with two attached hydrogens (primary N) is 1. The van der Waals surface area contributed by atoms with Crippen LogP contribution >= 0.6 is 15.9 Å². The van der Waals surface area contributed by atoms with E-state index < -0.39 is 0 Å². The zero-order valence-electron chi connectivity index (χ0n) is 8.74. The molecule has 1 aromatic heterocycles. The largest absolute Gasteiger partial charge is 0.394 e. The van der Waals surface area contributed by atoms with E-state index in [-0.39, 0.29) is 0 Å². The summed E-state index contributed by atoms with van der Waals surface area (Å²) in [5.41, 5.74) is 8.36.